The van der Waals surface area contributed by atoms with E-state index in [4.69, 9.17) is 18.9 Å². The molecule has 2 aliphatic heterocycles. The molecule has 7 heteroatoms. The number of unbranched alkanes of at least 4 members (excludes halogenated alkanes) is 10. The van der Waals surface area contributed by atoms with Crippen molar-refractivity contribution >= 4 is 5.91 Å². The maximum absolute atomic E-state index is 12.6. The van der Waals surface area contributed by atoms with Crippen LogP contribution in [0.4, 0.5) is 0 Å². The zero-order valence-electron chi connectivity index (χ0n) is 21.1. The number of nitrogens with one attached hydrogen (secondary N) is 1. The molecule has 2 rings (SSSR count). The first-order chi connectivity index (χ1) is 15.9. The van der Waals surface area contributed by atoms with Gasteiger partial charge in [-0.15, -0.1) is 6.58 Å². The van der Waals surface area contributed by atoms with Crippen LogP contribution in [0.3, 0.4) is 0 Å². The molecule has 1 unspecified atom stereocenters. The summed E-state index contributed by atoms with van der Waals surface area (Å²) in [7, 11) is 0. The second kappa shape index (κ2) is 15.1. The predicted octanol–water partition coefficient (Wildman–Crippen LogP) is 4.61. The summed E-state index contributed by atoms with van der Waals surface area (Å²) in [5.74, 6) is -0.916. The van der Waals surface area contributed by atoms with Crippen LogP contribution >= 0.6 is 0 Å². The molecule has 1 amide bonds. The largest absolute Gasteiger partial charge is 0.388 e. The van der Waals surface area contributed by atoms with E-state index in [1.807, 2.05) is 0 Å². The third-order valence-corrected chi connectivity index (χ3v) is 6.40. The Morgan fingerprint density at radius 3 is 2.30 bits per heavy atom. The smallest absolute Gasteiger partial charge is 0.220 e. The molecule has 0 aromatic rings. The summed E-state index contributed by atoms with van der Waals surface area (Å²) in [6.07, 6.45) is 12.9. The van der Waals surface area contributed by atoms with Gasteiger partial charge in [-0.3, -0.25) is 4.79 Å². The molecule has 7 nitrogen and oxygen atoms in total. The second-order valence-corrected chi connectivity index (χ2v) is 9.83. The number of hydrogen-bond donors (Lipinski definition) is 2. The first-order valence-corrected chi connectivity index (χ1v) is 13.0. The Morgan fingerprint density at radius 1 is 1.09 bits per heavy atom. The Kier molecular flexibility index (Phi) is 12.9. The van der Waals surface area contributed by atoms with Crippen LogP contribution in [0.25, 0.3) is 0 Å². The zero-order chi connectivity index (χ0) is 24.1. The molecule has 192 valence electrons. The molecular formula is C26H47NO6. The molecule has 0 aromatic carbocycles. The summed E-state index contributed by atoms with van der Waals surface area (Å²) in [6, 6.07) is -0.708. The van der Waals surface area contributed by atoms with E-state index in [0.29, 0.717) is 13.0 Å². The van der Waals surface area contributed by atoms with Crippen LogP contribution in [0, 0.1) is 0 Å². The van der Waals surface area contributed by atoms with Gasteiger partial charge in [0.05, 0.1) is 13.2 Å². The van der Waals surface area contributed by atoms with E-state index in [0.717, 1.165) is 19.3 Å². The van der Waals surface area contributed by atoms with Crippen LogP contribution in [0.2, 0.25) is 0 Å². The van der Waals surface area contributed by atoms with Crippen LogP contribution in [0.15, 0.2) is 12.7 Å². The number of carbonyl (C=O) groups is 1. The number of amides is 1. The SMILES string of the molecule is C=CCOC1O[C@@H]2COC(C)(C)O[C@H]2[C@H](O)[C@H]1NC(=O)CCCCCCCCCCCCC. The monoisotopic (exact) mass is 469 g/mol. The van der Waals surface area contributed by atoms with E-state index in [2.05, 4.69) is 18.8 Å². The first kappa shape index (κ1) is 28.2. The third-order valence-electron chi connectivity index (χ3n) is 6.40. The molecule has 2 N–H and O–H groups in total. The molecule has 2 saturated heterocycles. The van der Waals surface area contributed by atoms with Gasteiger partial charge in [0.1, 0.15) is 24.4 Å². The van der Waals surface area contributed by atoms with Crippen molar-refractivity contribution in [3.05, 3.63) is 12.7 Å². The molecule has 0 bridgehead atoms. The van der Waals surface area contributed by atoms with Crippen LogP contribution in [0.1, 0.15) is 97.8 Å². The van der Waals surface area contributed by atoms with Gasteiger partial charge in [0.15, 0.2) is 12.1 Å². The molecule has 2 aliphatic rings. The van der Waals surface area contributed by atoms with Gasteiger partial charge in [0, 0.05) is 6.42 Å². The summed E-state index contributed by atoms with van der Waals surface area (Å²) in [6.45, 7) is 10.1. The molecule has 0 radical (unpaired) electrons. The summed E-state index contributed by atoms with van der Waals surface area (Å²) in [5.41, 5.74) is 0. The van der Waals surface area contributed by atoms with Crippen molar-refractivity contribution < 1.29 is 28.8 Å². The quantitative estimate of drug-likeness (QED) is 0.254. The molecule has 0 aromatic heterocycles. The number of ether oxygens (including phenoxy) is 4. The van der Waals surface area contributed by atoms with Crippen LogP contribution in [-0.4, -0.2) is 60.7 Å². The average Bonchev–Trinajstić information content (AvgIpc) is 2.78. The number of aliphatic hydroxyl groups is 1. The van der Waals surface area contributed by atoms with E-state index in [-0.39, 0.29) is 12.5 Å². The highest BCUT2D eigenvalue weighted by Crippen LogP contribution is 2.32. The van der Waals surface area contributed by atoms with Crippen molar-refractivity contribution in [3.8, 4) is 0 Å². The van der Waals surface area contributed by atoms with Crippen molar-refractivity contribution in [2.75, 3.05) is 13.2 Å². The maximum Gasteiger partial charge on any atom is 0.220 e. The molecule has 5 atom stereocenters. The van der Waals surface area contributed by atoms with E-state index in [1.54, 1.807) is 19.9 Å². The van der Waals surface area contributed by atoms with Crippen molar-refractivity contribution in [1.29, 1.82) is 0 Å². The van der Waals surface area contributed by atoms with Crippen LogP contribution < -0.4 is 5.32 Å². The van der Waals surface area contributed by atoms with Gasteiger partial charge in [0.25, 0.3) is 0 Å². The van der Waals surface area contributed by atoms with E-state index >= 15 is 0 Å². The van der Waals surface area contributed by atoms with E-state index in [1.165, 1.54) is 51.4 Å². The topological polar surface area (TPSA) is 86.2 Å². The highest BCUT2D eigenvalue weighted by atomic mass is 16.8. The molecule has 2 fully saturated rings. The van der Waals surface area contributed by atoms with Gasteiger partial charge in [-0.2, -0.15) is 0 Å². The summed E-state index contributed by atoms with van der Waals surface area (Å²) in [4.78, 5) is 12.6. The van der Waals surface area contributed by atoms with Gasteiger partial charge in [0.2, 0.25) is 5.91 Å². The highest BCUT2D eigenvalue weighted by Gasteiger charge is 2.51. The molecule has 0 saturated carbocycles. The molecule has 0 spiro atoms. The Hall–Kier alpha value is -0.990. The van der Waals surface area contributed by atoms with Crippen molar-refractivity contribution in [1.82, 2.24) is 5.32 Å². The fraction of sp³-hybridized carbons (Fsp3) is 0.885. The fourth-order valence-corrected chi connectivity index (χ4v) is 4.51. The average molecular weight is 470 g/mol. The lowest BCUT2D eigenvalue weighted by atomic mass is 9.95. The summed E-state index contributed by atoms with van der Waals surface area (Å²) in [5, 5.41) is 13.9. The lowest BCUT2D eigenvalue weighted by Crippen LogP contribution is -2.68. The zero-order valence-corrected chi connectivity index (χ0v) is 21.1. The number of fused-ring (bicyclic) bond motifs is 1. The van der Waals surface area contributed by atoms with E-state index < -0.39 is 36.4 Å². The molecule has 0 aliphatic carbocycles. The summed E-state index contributed by atoms with van der Waals surface area (Å²) < 4.78 is 23.2. The third kappa shape index (κ3) is 10.0. The number of hydrogen-bond acceptors (Lipinski definition) is 6. The standard InChI is InChI=1S/C26H47NO6/c1-5-7-8-9-10-11-12-13-14-15-16-17-21(28)27-22-23(29)24-20(19-31-26(3,4)33-24)32-25(22)30-18-6-2/h6,20,22-25,29H,2,5,7-19H2,1,3-4H3,(H,27,28)/t20-,22-,23-,24-,25?/m1/s1. The Morgan fingerprint density at radius 2 is 1.70 bits per heavy atom. The van der Waals surface area contributed by atoms with Crippen molar-refractivity contribution in [2.45, 2.75) is 134 Å². The highest BCUT2D eigenvalue weighted by molar-refractivity contribution is 5.76. The number of rotatable bonds is 16. The first-order valence-electron chi connectivity index (χ1n) is 13.0. The lowest BCUT2D eigenvalue weighted by Gasteiger charge is -2.49. The minimum Gasteiger partial charge on any atom is -0.388 e. The number of aliphatic hydroxyl groups excluding tert-OH is 1. The van der Waals surface area contributed by atoms with Gasteiger partial charge in [-0.1, -0.05) is 77.2 Å². The Balaban J connectivity index is 1.70. The van der Waals surface area contributed by atoms with E-state index in [9.17, 15) is 9.90 Å². The minimum absolute atomic E-state index is 0.101. The number of carbonyl (C=O) groups excluding carboxylic acids is 1. The Bertz CT molecular complexity index is 569. The lowest BCUT2D eigenvalue weighted by molar-refractivity contribution is -0.368. The van der Waals surface area contributed by atoms with Gasteiger partial charge in [-0.25, -0.2) is 0 Å². The fourth-order valence-electron chi connectivity index (χ4n) is 4.51. The molecular weight excluding hydrogens is 422 g/mol. The summed E-state index contributed by atoms with van der Waals surface area (Å²) >= 11 is 0. The predicted molar refractivity (Wildman–Crippen MR) is 129 cm³/mol. The maximum atomic E-state index is 12.6. The minimum atomic E-state index is -0.956. The molecule has 2 heterocycles. The van der Waals surface area contributed by atoms with Crippen LogP contribution in [-0.2, 0) is 23.7 Å². The Labute approximate surface area is 200 Å². The van der Waals surface area contributed by atoms with Crippen molar-refractivity contribution in [3.63, 3.8) is 0 Å². The van der Waals surface area contributed by atoms with Gasteiger partial charge in [-0.05, 0) is 20.3 Å². The van der Waals surface area contributed by atoms with Crippen molar-refractivity contribution in [2.24, 2.45) is 0 Å². The molecule has 33 heavy (non-hydrogen) atoms. The van der Waals surface area contributed by atoms with Gasteiger partial charge < -0.3 is 29.4 Å². The van der Waals surface area contributed by atoms with Gasteiger partial charge >= 0.3 is 0 Å². The van der Waals surface area contributed by atoms with Crippen LogP contribution in [0.5, 0.6) is 0 Å². The normalized spacial score (nSPS) is 28.8. The second-order valence-electron chi connectivity index (χ2n) is 9.83.